The van der Waals surface area contributed by atoms with Crippen molar-refractivity contribution in [2.24, 2.45) is 0 Å². The first-order chi connectivity index (χ1) is 6.54. The number of benzene rings is 1. The predicted octanol–water partition coefficient (Wildman–Crippen LogP) is 2.49. The fourth-order valence-corrected chi connectivity index (χ4v) is 1.48. The van der Waals surface area contributed by atoms with Gasteiger partial charge in [-0.2, -0.15) is 5.26 Å². The van der Waals surface area contributed by atoms with Gasteiger partial charge >= 0.3 is 5.97 Å². The van der Waals surface area contributed by atoms with Crippen LogP contribution in [0.5, 0.6) is 0 Å². The van der Waals surface area contributed by atoms with E-state index >= 15 is 0 Å². The molecule has 0 saturated heterocycles. The smallest absolute Gasteiger partial charge is 0.307 e. The molecule has 3 nitrogen and oxygen atoms in total. The summed E-state index contributed by atoms with van der Waals surface area (Å²) in [4.78, 5) is 10.4. The topological polar surface area (TPSA) is 61.1 Å². The maximum absolute atomic E-state index is 10.4. The maximum atomic E-state index is 10.4. The van der Waals surface area contributed by atoms with Crippen LogP contribution < -0.4 is 0 Å². The van der Waals surface area contributed by atoms with Gasteiger partial charge in [-0.1, -0.05) is 23.2 Å². The van der Waals surface area contributed by atoms with E-state index in [0.29, 0.717) is 10.6 Å². The first-order valence-corrected chi connectivity index (χ1v) is 4.40. The minimum absolute atomic E-state index is 0.152. The average Bonchev–Trinajstić information content (AvgIpc) is 2.09. The summed E-state index contributed by atoms with van der Waals surface area (Å²) in [6.07, 6.45) is -0.242. The Hall–Kier alpha value is -1.24. The van der Waals surface area contributed by atoms with Gasteiger partial charge in [0.1, 0.15) is 6.07 Å². The molecule has 0 radical (unpaired) electrons. The van der Waals surface area contributed by atoms with Crippen LogP contribution in [0.2, 0.25) is 10.0 Å². The quantitative estimate of drug-likeness (QED) is 0.848. The molecule has 1 aromatic carbocycles. The van der Waals surface area contributed by atoms with E-state index in [2.05, 4.69) is 0 Å². The summed E-state index contributed by atoms with van der Waals surface area (Å²) in [6, 6.07) is 4.68. The highest BCUT2D eigenvalue weighted by Crippen LogP contribution is 2.25. The number of hydrogen-bond donors (Lipinski definition) is 1. The second-order valence-corrected chi connectivity index (χ2v) is 3.42. The summed E-state index contributed by atoms with van der Waals surface area (Å²) < 4.78 is 0. The van der Waals surface area contributed by atoms with Crippen LogP contribution in [0.1, 0.15) is 11.1 Å². The summed E-state index contributed by atoms with van der Waals surface area (Å²) in [5, 5.41) is 17.7. The van der Waals surface area contributed by atoms with E-state index in [-0.39, 0.29) is 17.0 Å². The number of rotatable bonds is 2. The fourth-order valence-electron chi connectivity index (χ4n) is 1.02. The molecule has 0 aliphatic rings. The first kappa shape index (κ1) is 10.8. The highest BCUT2D eigenvalue weighted by molar-refractivity contribution is 6.34. The van der Waals surface area contributed by atoms with E-state index in [1.165, 1.54) is 12.1 Å². The van der Waals surface area contributed by atoms with Gasteiger partial charge in [0.15, 0.2) is 0 Å². The van der Waals surface area contributed by atoms with Crippen LogP contribution in [0.25, 0.3) is 0 Å². The van der Waals surface area contributed by atoms with Gasteiger partial charge in [-0.3, -0.25) is 4.79 Å². The van der Waals surface area contributed by atoms with Crippen molar-refractivity contribution in [3.05, 3.63) is 33.3 Å². The highest BCUT2D eigenvalue weighted by Gasteiger charge is 2.10. The minimum atomic E-state index is -1.02. The van der Waals surface area contributed by atoms with Crippen LogP contribution in [0, 0.1) is 11.3 Å². The van der Waals surface area contributed by atoms with Crippen molar-refractivity contribution >= 4 is 29.2 Å². The van der Waals surface area contributed by atoms with E-state index < -0.39 is 5.97 Å². The normalized spacial score (nSPS) is 9.50. The van der Waals surface area contributed by atoms with Gasteiger partial charge < -0.3 is 5.11 Å². The van der Waals surface area contributed by atoms with E-state index in [0.717, 1.165) is 0 Å². The molecule has 0 saturated carbocycles. The maximum Gasteiger partial charge on any atom is 0.307 e. The summed E-state index contributed by atoms with van der Waals surface area (Å²) in [5.74, 6) is -1.02. The lowest BCUT2D eigenvalue weighted by atomic mass is 10.1. The molecule has 1 N–H and O–H groups in total. The van der Waals surface area contributed by atoms with Crippen molar-refractivity contribution in [2.45, 2.75) is 6.42 Å². The number of carboxylic acids is 1. The predicted molar refractivity (Wildman–Crippen MR) is 52.5 cm³/mol. The molecule has 1 rings (SSSR count). The lowest BCUT2D eigenvalue weighted by Gasteiger charge is -2.03. The van der Waals surface area contributed by atoms with Crippen LogP contribution in [0.4, 0.5) is 0 Å². The Morgan fingerprint density at radius 2 is 2.14 bits per heavy atom. The van der Waals surface area contributed by atoms with Crippen LogP contribution in [0.15, 0.2) is 12.1 Å². The molecular formula is C9H5Cl2NO2. The molecule has 14 heavy (non-hydrogen) atoms. The molecule has 0 atom stereocenters. The van der Waals surface area contributed by atoms with Crippen molar-refractivity contribution < 1.29 is 9.90 Å². The number of halogens is 2. The molecule has 0 amide bonds. The highest BCUT2D eigenvalue weighted by atomic mass is 35.5. The van der Waals surface area contributed by atoms with Crippen LogP contribution in [-0.2, 0) is 11.2 Å². The molecule has 5 heteroatoms. The second-order valence-electron chi connectivity index (χ2n) is 2.61. The Labute approximate surface area is 90.5 Å². The third kappa shape index (κ3) is 2.38. The van der Waals surface area contributed by atoms with Crippen LogP contribution in [-0.4, -0.2) is 11.1 Å². The first-order valence-electron chi connectivity index (χ1n) is 3.64. The largest absolute Gasteiger partial charge is 0.481 e. The zero-order valence-corrected chi connectivity index (χ0v) is 8.43. The number of nitrogens with zero attached hydrogens (tertiary/aromatic N) is 1. The lowest BCUT2D eigenvalue weighted by molar-refractivity contribution is -0.136. The summed E-state index contributed by atoms with van der Waals surface area (Å²) in [7, 11) is 0. The zero-order valence-electron chi connectivity index (χ0n) is 6.92. The second kappa shape index (κ2) is 4.32. The Bertz CT molecular complexity index is 424. The van der Waals surface area contributed by atoms with Crippen molar-refractivity contribution in [1.29, 1.82) is 5.26 Å². The average molecular weight is 230 g/mol. The molecule has 0 aliphatic carbocycles. The Kier molecular flexibility index (Phi) is 3.34. The van der Waals surface area contributed by atoms with Crippen LogP contribution in [0.3, 0.4) is 0 Å². The molecule has 0 aliphatic heterocycles. The van der Waals surface area contributed by atoms with E-state index in [1.807, 2.05) is 6.07 Å². The molecule has 0 spiro atoms. The van der Waals surface area contributed by atoms with Crippen molar-refractivity contribution in [1.82, 2.24) is 0 Å². The molecule has 0 heterocycles. The van der Waals surface area contributed by atoms with E-state index in [1.54, 1.807) is 0 Å². The number of carboxylic acid groups (broad SMARTS) is 1. The molecule has 0 aromatic heterocycles. The van der Waals surface area contributed by atoms with Gasteiger partial charge in [0.2, 0.25) is 0 Å². The lowest BCUT2D eigenvalue weighted by Crippen LogP contribution is -2.01. The molecule has 0 unspecified atom stereocenters. The SMILES string of the molecule is N#Cc1cc(Cl)cc(CC(=O)O)c1Cl. The van der Waals surface area contributed by atoms with E-state index in [4.69, 9.17) is 33.6 Å². The Balaban J connectivity index is 3.23. The summed E-state index contributed by atoms with van der Waals surface area (Å²) in [5.41, 5.74) is 0.540. The summed E-state index contributed by atoms with van der Waals surface area (Å²) in [6.45, 7) is 0. The zero-order chi connectivity index (χ0) is 10.7. The van der Waals surface area contributed by atoms with Gasteiger partial charge in [0, 0.05) is 5.02 Å². The molecule has 0 fully saturated rings. The van der Waals surface area contributed by atoms with Crippen molar-refractivity contribution in [3.8, 4) is 6.07 Å². The number of hydrogen-bond acceptors (Lipinski definition) is 2. The molecular weight excluding hydrogens is 225 g/mol. The Morgan fingerprint density at radius 1 is 1.50 bits per heavy atom. The fraction of sp³-hybridized carbons (Fsp3) is 0.111. The standard InChI is InChI=1S/C9H5Cl2NO2/c10-7-1-5(3-8(13)14)9(11)6(2-7)4-12/h1-2H,3H2,(H,13,14). The van der Waals surface area contributed by atoms with Gasteiger partial charge in [-0.05, 0) is 17.7 Å². The number of carbonyl (C=O) groups is 1. The summed E-state index contributed by atoms with van der Waals surface area (Å²) >= 11 is 11.5. The monoisotopic (exact) mass is 229 g/mol. The Morgan fingerprint density at radius 3 is 2.64 bits per heavy atom. The third-order valence-corrected chi connectivity index (χ3v) is 2.24. The van der Waals surface area contributed by atoms with Crippen molar-refractivity contribution in [3.63, 3.8) is 0 Å². The number of aliphatic carboxylic acids is 1. The van der Waals surface area contributed by atoms with Crippen molar-refractivity contribution in [2.75, 3.05) is 0 Å². The molecule has 72 valence electrons. The third-order valence-electron chi connectivity index (χ3n) is 1.57. The van der Waals surface area contributed by atoms with E-state index in [9.17, 15) is 4.79 Å². The molecule has 1 aromatic rings. The van der Waals surface area contributed by atoms with Gasteiger partial charge in [-0.25, -0.2) is 0 Å². The number of nitriles is 1. The molecule has 0 bridgehead atoms. The van der Waals surface area contributed by atoms with Crippen LogP contribution >= 0.6 is 23.2 Å². The van der Waals surface area contributed by atoms with Gasteiger partial charge in [-0.15, -0.1) is 0 Å². The van der Waals surface area contributed by atoms with Gasteiger partial charge in [0.25, 0.3) is 0 Å². The minimum Gasteiger partial charge on any atom is -0.481 e. The van der Waals surface area contributed by atoms with Gasteiger partial charge in [0.05, 0.1) is 17.0 Å².